The Labute approximate surface area is 443 Å². The van der Waals surface area contributed by atoms with E-state index in [2.05, 4.69) is 5.32 Å². The van der Waals surface area contributed by atoms with Crippen molar-refractivity contribution in [1.29, 1.82) is 0 Å². The number of pyridine rings is 1. The molecule has 75 heavy (non-hydrogen) atoms. The lowest BCUT2D eigenvalue weighted by Gasteiger charge is -2.50. The average molecular weight is 1060 g/mol. The molecule has 2 aromatic rings. The predicted molar refractivity (Wildman–Crippen MR) is 281 cm³/mol. The van der Waals surface area contributed by atoms with Crippen molar-refractivity contribution < 1.29 is 72.7 Å². The number of carbonyl (C=O) groups is 3. The van der Waals surface area contributed by atoms with E-state index in [4.69, 9.17) is 37.9 Å². The van der Waals surface area contributed by atoms with Crippen LogP contribution >= 0.6 is 0 Å². The fourth-order valence-corrected chi connectivity index (χ4v) is 11.7. The predicted octanol–water partition coefficient (Wildman–Crippen LogP) is 3.90. The second kappa shape index (κ2) is 25.9. The van der Waals surface area contributed by atoms with E-state index in [1.807, 2.05) is 65.7 Å². The highest BCUT2D eigenvalue weighted by Crippen LogP contribution is 2.42. The van der Waals surface area contributed by atoms with Gasteiger partial charge in [-0.2, -0.15) is 0 Å². The van der Waals surface area contributed by atoms with Crippen molar-refractivity contribution in [2.45, 2.75) is 192 Å². The molecule has 5 N–H and O–H groups in total. The topological polar surface area (TPSA) is 246 Å². The number of aliphatic hydroxyl groups excluding tert-OH is 2. The number of methoxy groups -OCH3 is 2. The molecule has 1 aromatic carbocycles. The number of hydrogen-bond donors (Lipinski definition) is 5. The molecular formula is C55H90N4O16. The summed E-state index contributed by atoms with van der Waals surface area (Å²) in [6.07, 6.45) is -5.76. The molecule has 0 amide bonds. The second-order valence-electron chi connectivity index (χ2n) is 22.6. The number of aryl methyl sites for hydroxylation is 1. The number of nitrogens with zero attached hydrogens (tertiary/aromatic N) is 3. The van der Waals surface area contributed by atoms with Gasteiger partial charge in [-0.25, -0.2) is 4.79 Å². The summed E-state index contributed by atoms with van der Waals surface area (Å²) in [4.78, 5) is 55.6. The molecule has 3 fully saturated rings. The molecule has 0 saturated carbocycles. The highest BCUT2D eigenvalue weighted by molar-refractivity contribution is 5.93. The number of carboxylic acid groups (broad SMARTS) is 1. The van der Waals surface area contributed by atoms with Crippen LogP contribution in [0.5, 0.6) is 0 Å². The lowest BCUT2D eigenvalue weighted by molar-refractivity contribution is -0.322. The van der Waals surface area contributed by atoms with Crippen LogP contribution in [0.15, 0.2) is 29.2 Å². The van der Waals surface area contributed by atoms with Crippen molar-refractivity contribution in [3.05, 3.63) is 45.7 Å². The number of fused-ring (bicyclic) bond motifs is 1. The second-order valence-corrected chi connectivity index (χ2v) is 22.6. The highest BCUT2D eigenvalue weighted by Gasteiger charge is 2.54. The van der Waals surface area contributed by atoms with Crippen LogP contribution in [-0.2, 0) is 53.9 Å². The van der Waals surface area contributed by atoms with Crippen molar-refractivity contribution in [3.8, 4) is 0 Å². The standard InChI is InChI=1S/C55H90N4O16/c1-17-41-55(10,67)47(63)32(4)43(60)30(2)27-53(8,68-15)48(75-52-45(62)40(57(11)12)25-31(3)71-52)33(5)46(34(6)51(66)73-41)74-42-28-54(9,69-16)49(35(7)72-42)70-24-23-56-22-18-19-36-20-21-39-37(26-36)44(61)38(50(64)65)29-59(39)58(13)14/h20-21,26,29-35,40-42,45-49,52,56,62-63,67H,17-19,22-25,27-28H2,1-16H3,(H,64,65)/t30-,31-,32-,33+,34-,35+,40+,41-,42+,45-,46+,47-,48-,49+,52+,53-,54-,55-/m1/s1. The SMILES string of the molecule is CC[C@H]1OC(=O)[C@H](C)[C@@H](O[C@H]2C[C@@](C)(OC)[C@@H](OCCNCCCc3ccc4c(c3)c(=O)c(C(=O)O)cn4N(C)C)[C@H](C)O2)[C@H](C)[C@@H](O[C@@H]2O[C@H](C)C[C@H](N(C)C)[C@H]2O)[C@](C)(OC)C[C@@H](C)C(=O)[C@@H](C)[C@@H](O)[C@]1(C)O. The van der Waals surface area contributed by atoms with Crippen molar-refractivity contribution in [3.63, 3.8) is 0 Å². The first-order valence-electron chi connectivity index (χ1n) is 26.7. The largest absolute Gasteiger partial charge is 0.477 e. The van der Waals surface area contributed by atoms with Gasteiger partial charge in [0.05, 0.1) is 59.8 Å². The Hall–Kier alpha value is -3.64. The van der Waals surface area contributed by atoms with Crippen LogP contribution in [0.25, 0.3) is 10.9 Å². The van der Waals surface area contributed by atoms with Gasteiger partial charge in [0.1, 0.15) is 35.3 Å². The number of Topliss-reactive ketones (excluding diaryl/α,β-unsaturated/α-hetero) is 1. The molecule has 0 aliphatic carbocycles. The van der Waals surface area contributed by atoms with Crippen LogP contribution in [0.2, 0.25) is 0 Å². The maximum Gasteiger partial charge on any atom is 0.341 e. The molecule has 0 spiro atoms. The van der Waals surface area contributed by atoms with Gasteiger partial charge in [-0.05, 0) is 112 Å². The monoisotopic (exact) mass is 1060 g/mol. The van der Waals surface area contributed by atoms with Crippen molar-refractivity contribution in [2.24, 2.45) is 23.7 Å². The van der Waals surface area contributed by atoms with Gasteiger partial charge in [0.2, 0.25) is 5.43 Å². The fourth-order valence-electron chi connectivity index (χ4n) is 11.7. The molecule has 4 heterocycles. The number of cyclic esters (lactones) is 1. The molecule has 20 heteroatoms. The summed E-state index contributed by atoms with van der Waals surface area (Å²) >= 11 is 0. The van der Waals surface area contributed by atoms with Gasteiger partial charge in [0, 0.05) is 76.7 Å². The third-order valence-corrected chi connectivity index (χ3v) is 16.3. The average Bonchev–Trinajstić information content (AvgIpc) is 3.35. The number of ether oxygens (including phenoxy) is 8. The molecule has 426 valence electrons. The van der Waals surface area contributed by atoms with Gasteiger partial charge in [0.15, 0.2) is 12.6 Å². The number of ketones is 1. The summed E-state index contributed by atoms with van der Waals surface area (Å²) in [6.45, 7) is 18.9. The first-order chi connectivity index (χ1) is 35.1. The smallest absolute Gasteiger partial charge is 0.341 e. The van der Waals surface area contributed by atoms with Crippen LogP contribution in [0.3, 0.4) is 0 Å². The molecule has 3 saturated heterocycles. The number of benzene rings is 1. The van der Waals surface area contributed by atoms with Gasteiger partial charge in [0.25, 0.3) is 0 Å². The van der Waals surface area contributed by atoms with Gasteiger partial charge in [-0.15, -0.1) is 0 Å². The Morgan fingerprint density at radius 1 is 0.893 bits per heavy atom. The number of likely N-dealkylation sites (N-methyl/N-ethyl adjacent to an activating group) is 1. The summed E-state index contributed by atoms with van der Waals surface area (Å²) in [5, 5.41) is 50.4. The van der Waals surface area contributed by atoms with E-state index in [1.165, 1.54) is 20.2 Å². The number of carboxylic acids is 1. The van der Waals surface area contributed by atoms with Gasteiger partial charge in [-0.1, -0.05) is 33.8 Å². The minimum Gasteiger partial charge on any atom is -0.477 e. The van der Waals surface area contributed by atoms with Gasteiger partial charge in [-0.3, -0.25) is 19.1 Å². The number of nitrogens with one attached hydrogen (secondary N) is 1. The maximum absolute atomic E-state index is 14.6. The molecule has 5 rings (SSSR count). The summed E-state index contributed by atoms with van der Waals surface area (Å²) in [5.74, 6) is -5.91. The van der Waals surface area contributed by atoms with E-state index < -0.39 is 113 Å². The molecule has 0 radical (unpaired) electrons. The number of aromatic carboxylic acids is 1. The summed E-state index contributed by atoms with van der Waals surface area (Å²) < 4.78 is 53.7. The Balaban J connectivity index is 1.36. The van der Waals surface area contributed by atoms with E-state index in [1.54, 1.807) is 64.7 Å². The van der Waals surface area contributed by atoms with Crippen molar-refractivity contribution in [1.82, 2.24) is 14.9 Å². The van der Waals surface area contributed by atoms with Crippen LogP contribution in [0, 0.1) is 23.7 Å². The van der Waals surface area contributed by atoms with Crippen LogP contribution in [0.4, 0.5) is 0 Å². The fraction of sp³-hybridized carbons (Fsp3) is 0.782. The third kappa shape index (κ3) is 14.0. The molecule has 1 aromatic heterocycles. The lowest BCUT2D eigenvalue weighted by atomic mass is 9.74. The third-order valence-electron chi connectivity index (χ3n) is 16.3. The normalized spacial score (nSPS) is 37.6. The minimum atomic E-state index is -2.00. The van der Waals surface area contributed by atoms with Crippen LogP contribution in [-0.4, -0.2) is 194 Å². The molecule has 3 aliphatic rings. The van der Waals surface area contributed by atoms with E-state index in [0.717, 1.165) is 12.0 Å². The lowest BCUT2D eigenvalue weighted by Crippen LogP contribution is -2.61. The number of carbonyl (C=O) groups excluding carboxylic acids is 2. The highest BCUT2D eigenvalue weighted by atomic mass is 16.7. The number of aromatic nitrogens is 1. The van der Waals surface area contributed by atoms with E-state index in [9.17, 15) is 39.6 Å². The number of rotatable bonds is 18. The molecular weight excluding hydrogens is 973 g/mol. The Morgan fingerprint density at radius 3 is 2.15 bits per heavy atom. The van der Waals surface area contributed by atoms with Crippen LogP contribution in [0.1, 0.15) is 117 Å². The molecule has 20 nitrogen and oxygen atoms in total. The molecule has 0 unspecified atom stereocenters. The zero-order chi connectivity index (χ0) is 56.1. The molecule has 18 atom stereocenters. The van der Waals surface area contributed by atoms with Gasteiger partial charge < -0.3 is 73.5 Å². The van der Waals surface area contributed by atoms with E-state index >= 15 is 0 Å². The molecule has 0 bridgehead atoms. The van der Waals surface area contributed by atoms with Gasteiger partial charge >= 0.3 is 11.9 Å². The van der Waals surface area contributed by atoms with Crippen molar-refractivity contribution >= 4 is 28.6 Å². The Kier molecular flexibility index (Phi) is 21.5. The van der Waals surface area contributed by atoms with Crippen LogP contribution < -0.4 is 15.8 Å². The number of hydrogen-bond acceptors (Lipinski definition) is 18. The minimum absolute atomic E-state index is 0.0866. The Morgan fingerprint density at radius 2 is 1.55 bits per heavy atom. The molecule has 3 aliphatic heterocycles. The maximum atomic E-state index is 14.6. The quantitative estimate of drug-likeness (QED) is 0.105. The van der Waals surface area contributed by atoms with E-state index in [-0.39, 0.29) is 42.8 Å². The van der Waals surface area contributed by atoms with Crippen molar-refractivity contribution in [2.75, 3.05) is 67.1 Å². The summed E-state index contributed by atoms with van der Waals surface area (Å²) in [6, 6.07) is 5.23. The summed E-state index contributed by atoms with van der Waals surface area (Å²) in [5.41, 5.74) is -3.53. The first-order valence-corrected chi connectivity index (χ1v) is 26.7. The zero-order valence-electron chi connectivity index (χ0n) is 47.4. The number of esters is 1. The Bertz CT molecular complexity index is 2300. The zero-order valence-corrected chi connectivity index (χ0v) is 47.4. The van der Waals surface area contributed by atoms with E-state index in [0.29, 0.717) is 43.4 Å². The summed E-state index contributed by atoms with van der Waals surface area (Å²) in [7, 11) is 10.4. The number of aliphatic hydroxyl groups is 3. The first kappa shape index (κ1) is 62.2.